The Bertz CT molecular complexity index is 483. The zero-order valence-electron chi connectivity index (χ0n) is 10.1. The third-order valence-corrected chi connectivity index (χ3v) is 3.65. The maximum atomic E-state index is 4.47. The van der Waals surface area contributed by atoms with Crippen molar-refractivity contribution in [3.8, 4) is 0 Å². The van der Waals surface area contributed by atoms with E-state index in [0.29, 0.717) is 6.04 Å². The molecule has 1 aliphatic rings. The molecule has 3 nitrogen and oxygen atoms in total. The second-order valence-electron chi connectivity index (χ2n) is 4.86. The quantitative estimate of drug-likeness (QED) is 0.876. The van der Waals surface area contributed by atoms with Gasteiger partial charge in [0.1, 0.15) is 0 Å². The Labute approximate surface area is 102 Å². The van der Waals surface area contributed by atoms with Crippen LogP contribution in [0.5, 0.6) is 0 Å². The summed E-state index contributed by atoms with van der Waals surface area (Å²) < 4.78 is 2.13. The molecule has 0 spiro atoms. The van der Waals surface area contributed by atoms with Crippen molar-refractivity contribution in [2.45, 2.75) is 38.3 Å². The van der Waals surface area contributed by atoms with E-state index in [1.807, 2.05) is 6.20 Å². The van der Waals surface area contributed by atoms with E-state index >= 15 is 0 Å². The maximum Gasteiger partial charge on any atom is 0.0682 e. The lowest BCUT2D eigenvalue weighted by Gasteiger charge is -2.23. The van der Waals surface area contributed by atoms with Crippen molar-refractivity contribution >= 4 is 10.9 Å². The van der Waals surface area contributed by atoms with Gasteiger partial charge in [0.25, 0.3) is 0 Å². The van der Waals surface area contributed by atoms with Crippen LogP contribution in [-0.2, 0) is 6.54 Å². The van der Waals surface area contributed by atoms with Gasteiger partial charge in [-0.05, 0) is 31.9 Å². The van der Waals surface area contributed by atoms with Crippen molar-refractivity contribution in [1.82, 2.24) is 15.1 Å². The molecule has 0 bridgehead atoms. The van der Waals surface area contributed by atoms with Crippen molar-refractivity contribution in [3.05, 3.63) is 30.5 Å². The molecule has 17 heavy (non-hydrogen) atoms. The monoisotopic (exact) mass is 229 g/mol. The highest BCUT2D eigenvalue weighted by Gasteiger charge is 2.12. The van der Waals surface area contributed by atoms with Gasteiger partial charge in [0, 0.05) is 18.0 Å². The largest absolute Gasteiger partial charge is 0.314 e. The molecule has 0 amide bonds. The number of aromatic nitrogens is 2. The molecule has 1 aliphatic heterocycles. The van der Waals surface area contributed by atoms with Crippen LogP contribution in [0.1, 0.15) is 25.7 Å². The number of aryl methyl sites for hydroxylation is 1. The Morgan fingerprint density at radius 2 is 2.24 bits per heavy atom. The van der Waals surface area contributed by atoms with E-state index < -0.39 is 0 Å². The smallest absolute Gasteiger partial charge is 0.0682 e. The molecule has 1 saturated heterocycles. The summed E-state index contributed by atoms with van der Waals surface area (Å²) in [6.45, 7) is 2.20. The number of nitrogens with one attached hydrogen (secondary N) is 1. The highest BCUT2D eigenvalue weighted by atomic mass is 15.3. The summed E-state index contributed by atoms with van der Waals surface area (Å²) in [6.07, 6.45) is 7.17. The Morgan fingerprint density at radius 1 is 1.29 bits per heavy atom. The second kappa shape index (κ2) is 4.88. The molecule has 3 heteroatoms. The number of para-hydroxylation sites is 1. The van der Waals surface area contributed by atoms with Crippen LogP contribution in [0.4, 0.5) is 0 Å². The van der Waals surface area contributed by atoms with Crippen molar-refractivity contribution < 1.29 is 0 Å². The molecular weight excluding hydrogens is 210 g/mol. The van der Waals surface area contributed by atoms with Gasteiger partial charge in [0.05, 0.1) is 11.7 Å². The van der Waals surface area contributed by atoms with Crippen molar-refractivity contribution in [1.29, 1.82) is 0 Å². The van der Waals surface area contributed by atoms with Crippen LogP contribution in [0.25, 0.3) is 10.9 Å². The fraction of sp³-hybridized carbons (Fsp3) is 0.500. The second-order valence-corrected chi connectivity index (χ2v) is 4.86. The highest BCUT2D eigenvalue weighted by molar-refractivity contribution is 5.78. The fourth-order valence-corrected chi connectivity index (χ4v) is 2.65. The summed E-state index contributed by atoms with van der Waals surface area (Å²) in [5.74, 6) is 0. The van der Waals surface area contributed by atoms with E-state index in [1.54, 1.807) is 0 Å². The fourth-order valence-electron chi connectivity index (χ4n) is 2.65. The van der Waals surface area contributed by atoms with Crippen molar-refractivity contribution in [2.24, 2.45) is 0 Å². The Balaban J connectivity index is 1.68. The minimum atomic E-state index is 0.687. The van der Waals surface area contributed by atoms with Crippen LogP contribution in [-0.4, -0.2) is 22.4 Å². The number of fused-ring (bicyclic) bond motifs is 1. The van der Waals surface area contributed by atoms with Crippen LogP contribution in [0.15, 0.2) is 30.5 Å². The first-order valence-electron chi connectivity index (χ1n) is 6.57. The molecule has 2 heterocycles. The number of rotatable bonds is 3. The first kappa shape index (κ1) is 10.8. The van der Waals surface area contributed by atoms with Crippen LogP contribution >= 0.6 is 0 Å². The van der Waals surface area contributed by atoms with E-state index in [4.69, 9.17) is 0 Å². The van der Waals surface area contributed by atoms with E-state index in [9.17, 15) is 0 Å². The van der Waals surface area contributed by atoms with Crippen molar-refractivity contribution in [2.75, 3.05) is 6.54 Å². The summed E-state index contributed by atoms with van der Waals surface area (Å²) in [6, 6.07) is 9.11. The summed E-state index contributed by atoms with van der Waals surface area (Å²) >= 11 is 0. The van der Waals surface area contributed by atoms with E-state index in [0.717, 1.165) is 6.54 Å². The molecule has 0 radical (unpaired) electrons. The molecule has 2 aromatic rings. The zero-order chi connectivity index (χ0) is 11.5. The van der Waals surface area contributed by atoms with Gasteiger partial charge in [-0.3, -0.25) is 4.68 Å². The molecule has 1 fully saturated rings. The van der Waals surface area contributed by atoms with Gasteiger partial charge in [-0.15, -0.1) is 0 Å². The molecule has 3 rings (SSSR count). The van der Waals surface area contributed by atoms with Gasteiger partial charge in [0.2, 0.25) is 0 Å². The number of benzene rings is 1. The van der Waals surface area contributed by atoms with Gasteiger partial charge in [-0.1, -0.05) is 24.6 Å². The number of hydrogen-bond donors (Lipinski definition) is 1. The standard InChI is InChI=1S/C14H19N3/c1-2-7-14-12(5-1)11-16-17(14)10-8-13-6-3-4-9-15-13/h1-2,5,7,11,13,15H,3-4,6,8-10H2. The molecule has 1 unspecified atom stereocenters. The van der Waals surface area contributed by atoms with E-state index in [2.05, 4.69) is 39.4 Å². The van der Waals surface area contributed by atoms with Crippen LogP contribution in [0.3, 0.4) is 0 Å². The normalized spacial score (nSPS) is 20.8. The summed E-state index contributed by atoms with van der Waals surface area (Å²) in [7, 11) is 0. The lowest BCUT2D eigenvalue weighted by molar-refractivity contribution is 0.362. The van der Waals surface area contributed by atoms with Crippen LogP contribution in [0.2, 0.25) is 0 Å². The Morgan fingerprint density at radius 3 is 3.12 bits per heavy atom. The molecular formula is C14H19N3. The van der Waals surface area contributed by atoms with Gasteiger partial charge >= 0.3 is 0 Å². The lowest BCUT2D eigenvalue weighted by Crippen LogP contribution is -2.34. The Kier molecular flexibility index (Phi) is 3.10. The molecule has 0 aliphatic carbocycles. The molecule has 0 saturated carbocycles. The number of nitrogens with zero attached hydrogens (tertiary/aromatic N) is 2. The average molecular weight is 229 g/mol. The topological polar surface area (TPSA) is 29.9 Å². The average Bonchev–Trinajstić information content (AvgIpc) is 2.81. The first-order valence-corrected chi connectivity index (χ1v) is 6.57. The third kappa shape index (κ3) is 2.34. The molecule has 1 N–H and O–H groups in total. The van der Waals surface area contributed by atoms with E-state index in [1.165, 1.54) is 43.1 Å². The molecule has 1 aromatic heterocycles. The minimum Gasteiger partial charge on any atom is -0.314 e. The zero-order valence-corrected chi connectivity index (χ0v) is 10.1. The Hall–Kier alpha value is -1.35. The highest BCUT2D eigenvalue weighted by Crippen LogP contribution is 2.15. The van der Waals surface area contributed by atoms with Crippen LogP contribution in [0, 0.1) is 0 Å². The molecule has 90 valence electrons. The predicted octanol–water partition coefficient (Wildman–Crippen LogP) is 2.57. The number of hydrogen-bond acceptors (Lipinski definition) is 2. The maximum absolute atomic E-state index is 4.47. The SMILES string of the molecule is c1ccc2c(c1)cnn2CCC1CCCCN1. The van der Waals surface area contributed by atoms with Gasteiger partial charge in [0.15, 0.2) is 0 Å². The van der Waals surface area contributed by atoms with Crippen molar-refractivity contribution in [3.63, 3.8) is 0 Å². The third-order valence-electron chi connectivity index (χ3n) is 3.65. The summed E-state index contributed by atoms with van der Waals surface area (Å²) in [4.78, 5) is 0. The summed E-state index contributed by atoms with van der Waals surface area (Å²) in [5, 5.41) is 9.30. The van der Waals surface area contributed by atoms with Gasteiger partial charge in [-0.2, -0.15) is 5.10 Å². The molecule has 1 aromatic carbocycles. The number of piperidine rings is 1. The molecule has 1 atom stereocenters. The van der Waals surface area contributed by atoms with Gasteiger partial charge in [-0.25, -0.2) is 0 Å². The van der Waals surface area contributed by atoms with Gasteiger partial charge < -0.3 is 5.32 Å². The first-order chi connectivity index (χ1) is 8.43. The summed E-state index contributed by atoms with van der Waals surface area (Å²) in [5.41, 5.74) is 1.25. The minimum absolute atomic E-state index is 0.687. The van der Waals surface area contributed by atoms with E-state index in [-0.39, 0.29) is 0 Å². The van der Waals surface area contributed by atoms with Crippen LogP contribution < -0.4 is 5.32 Å². The lowest BCUT2D eigenvalue weighted by atomic mass is 10.0. The predicted molar refractivity (Wildman–Crippen MR) is 70.0 cm³/mol.